The molecule has 0 saturated heterocycles. The second kappa shape index (κ2) is 7.03. The summed E-state index contributed by atoms with van der Waals surface area (Å²) < 4.78 is 13.8. The smallest absolute Gasteiger partial charge is 0.254 e. The Morgan fingerprint density at radius 1 is 1.23 bits per heavy atom. The van der Waals surface area contributed by atoms with Gasteiger partial charge in [0, 0.05) is 10.6 Å². The molecule has 0 heterocycles. The minimum absolute atomic E-state index is 0.0288. The molecular weight excluding hydrogens is 307 g/mol. The molecule has 2 aromatic rings. The van der Waals surface area contributed by atoms with Gasteiger partial charge < -0.3 is 10.4 Å². The van der Waals surface area contributed by atoms with Crippen LogP contribution in [0.25, 0.3) is 0 Å². The van der Waals surface area contributed by atoms with Gasteiger partial charge in [0.05, 0.1) is 6.07 Å². The number of halogens is 2. The summed E-state index contributed by atoms with van der Waals surface area (Å²) >= 11 is 5.88. The van der Waals surface area contributed by atoms with Gasteiger partial charge >= 0.3 is 0 Å². The maximum absolute atomic E-state index is 13.8. The van der Waals surface area contributed by atoms with Crippen LogP contribution in [0.1, 0.15) is 23.3 Å². The highest BCUT2D eigenvalue weighted by molar-refractivity contribution is 6.31. The number of carbonyl (C=O) groups is 1. The van der Waals surface area contributed by atoms with Crippen LogP contribution >= 0.6 is 11.6 Å². The SMILES string of the molecule is N#CC(NC(=O)[C@@H](O)c1ccccc1)c1c(F)cccc1Cl. The molecule has 2 rings (SSSR count). The molecule has 0 aliphatic heterocycles. The summed E-state index contributed by atoms with van der Waals surface area (Å²) in [5.41, 5.74) is 0.247. The van der Waals surface area contributed by atoms with Gasteiger partial charge in [0.15, 0.2) is 6.10 Å². The standard InChI is InChI=1S/C16H12ClFN2O2/c17-11-7-4-8-12(18)14(11)13(9-19)20-16(22)15(21)10-5-2-1-3-6-10/h1-8,13,15,21H,(H,20,22)/t13?,15-/m0/s1. The predicted molar refractivity (Wildman–Crippen MR) is 79.3 cm³/mol. The highest BCUT2D eigenvalue weighted by Gasteiger charge is 2.24. The van der Waals surface area contributed by atoms with E-state index in [1.807, 2.05) is 0 Å². The first-order chi connectivity index (χ1) is 10.5. The van der Waals surface area contributed by atoms with Crippen molar-refractivity contribution in [2.24, 2.45) is 0 Å². The number of amides is 1. The molecule has 0 saturated carbocycles. The minimum atomic E-state index is -1.46. The lowest BCUT2D eigenvalue weighted by atomic mass is 10.1. The van der Waals surface area contributed by atoms with E-state index in [-0.39, 0.29) is 10.6 Å². The van der Waals surface area contributed by atoms with Crippen molar-refractivity contribution in [2.45, 2.75) is 12.1 Å². The van der Waals surface area contributed by atoms with E-state index in [9.17, 15) is 14.3 Å². The molecule has 2 atom stereocenters. The van der Waals surface area contributed by atoms with E-state index in [4.69, 9.17) is 16.9 Å². The first-order valence-corrected chi connectivity index (χ1v) is 6.79. The van der Waals surface area contributed by atoms with Crippen molar-refractivity contribution in [1.29, 1.82) is 5.26 Å². The first kappa shape index (κ1) is 16.0. The van der Waals surface area contributed by atoms with Gasteiger partial charge in [-0.1, -0.05) is 48.0 Å². The van der Waals surface area contributed by atoms with Gasteiger partial charge in [0.25, 0.3) is 5.91 Å². The van der Waals surface area contributed by atoms with Gasteiger partial charge in [-0.3, -0.25) is 4.79 Å². The van der Waals surface area contributed by atoms with Crippen LogP contribution in [0.2, 0.25) is 5.02 Å². The number of nitriles is 1. The number of aliphatic hydroxyl groups is 1. The minimum Gasteiger partial charge on any atom is -0.378 e. The molecule has 0 spiro atoms. The quantitative estimate of drug-likeness (QED) is 0.910. The summed E-state index contributed by atoms with van der Waals surface area (Å²) in [6.07, 6.45) is -1.46. The number of aliphatic hydroxyl groups excluding tert-OH is 1. The Kier molecular flexibility index (Phi) is 5.10. The summed E-state index contributed by atoms with van der Waals surface area (Å²) in [7, 11) is 0. The molecule has 0 aromatic heterocycles. The number of benzene rings is 2. The van der Waals surface area contributed by atoms with Crippen molar-refractivity contribution in [1.82, 2.24) is 5.32 Å². The highest BCUT2D eigenvalue weighted by Crippen LogP contribution is 2.26. The fourth-order valence-corrected chi connectivity index (χ4v) is 2.24. The first-order valence-electron chi connectivity index (χ1n) is 6.41. The monoisotopic (exact) mass is 318 g/mol. The maximum atomic E-state index is 13.8. The zero-order valence-corrected chi connectivity index (χ0v) is 12.1. The molecule has 112 valence electrons. The van der Waals surface area contributed by atoms with Crippen LogP contribution in [-0.4, -0.2) is 11.0 Å². The fourth-order valence-electron chi connectivity index (χ4n) is 1.96. The van der Waals surface area contributed by atoms with Crippen LogP contribution in [0.3, 0.4) is 0 Å². The summed E-state index contributed by atoms with van der Waals surface area (Å²) in [6.45, 7) is 0. The second-order valence-electron chi connectivity index (χ2n) is 4.52. The van der Waals surface area contributed by atoms with Gasteiger partial charge in [0.2, 0.25) is 0 Å². The molecule has 1 unspecified atom stereocenters. The van der Waals surface area contributed by atoms with Gasteiger partial charge in [-0.25, -0.2) is 4.39 Å². The molecule has 2 aromatic carbocycles. The molecule has 1 amide bonds. The van der Waals surface area contributed by atoms with Crippen molar-refractivity contribution in [3.8, 4) is 6.07 Å². The third-order valence-electron chi connectivity index (χ3n) is 3.07. The van der Waals surface area contributed by atoms with Gasteiger partial charge in [0.1, 0.15) is 11.9 Å². The molecular formula is C16H12ClFN2O2. The molecule has 0 radical (unpaired) electrons. The number of rotatable bonds is 4. The molecule has 22 heavy (non-hydrogen) atoms. The largest absolute Gasteiger partial charge is 0.378 e. The van der Waals surface area contributed by atoms with Gasteiger partial charge in [-0.05, 0) is 17.7 Å². The van der Waals surface area contributed by atoms with Crippen LogP contribution in [0.5, 0.6) is 0 Å². The number of nitrogens with one attached hydrogen (secondary N) is 1. The van der Waals surface area contributed by atoms with Crippen LogP contribution in [0.15, 0.2) is 48.5 Å². The van der Waals surface area contributed by atoms with E-state index in [1.54, 1.807) is 36.4 Å². The number of hydrogen-bond donors (Lipinski definition) is 2. The molecule has 0 fully saturated rings. The van der Waals surface area contributed by atoms with E-state index in [1.165, 1.54) is 12.1 Å². The Hall–Kier alpha value is -2.42. The Balaban J connectivity index is 2.21. The Labute approximate surface area is 131 Å². The number of hydrogen-bond acceptors (Lipinski definition) is 3. The average Bonchev–Trinajstić information content (AvgIpc) is 2.53. The Morgan fingerprint density at radius 3 is 2.50 bits per heavy atom. The maximum Gasteiger partial charge on any atom is 0.254 e. The van der Waals surface area contributed by atoms with Crippen LogP contribution in [-0.2, 0) is 4.79 Å². The lowest BCUT2D eigenvalue weighted by Gasteiger charge is -2.17. The predicted octanol–water partition coefficient (Wildman–Crippen LogP) is 2.89. The zero-order chi connectivity index (χ0) is 16.1. The number of carbonyl (C=O) groups excluding carboxylic acids is 1. The van der Waals surface area contributed by atoms with Crippen LogP contribution in [0.4, 0.5) is 4.39 Å². The lowest BCUT2D eigenvalue weighted by Crippen LogP contribution is -2.32. The fraction of sp³-hybridized carbons (Fsp3) is 0.125. The Bertz CT molecular complexity index is 696. The number of nitrogens with zero attached hydrogens (tertiary/aromatic N) is 1. The van der Waals surface area contributed by atoms with E-state index >= 15 is 0 Å². The van der Waals surface area contributed by atoms with Crippen molar-refractivity contribution >= 4 is 17.5 Å². The molecule has 0 bridgehead atoms. The van der Waals surface area contributed by atoms with E-state index in [0.29, 0.717) is 5.56 Å². The highest BCUT2D eigenvalue weighted by atomic mass is 35.5. The lowest BCUT2D eigenvalue weighted by molar-refractivity contribution is -0.130. The third kappa shape index (κ3) is 3.42. The van der Waals surface area contributed by atoms with Gasteiger partial charge in [-0.2, -0.15) is 5.26 Å². The summed E-state index contributed by atoms with van der Waals surface area (Å²) in [5, 5.41) is 21.4. The zero-order valence-electron chi connectivity index (χ0n) is 11.3. The molecule has 6 heteroatoms. The topological polar surface area (TPSA) is 73.1 Å². The van der Waals surface area contributed by atoms with E-state index in [2.05, 4.69) is 5.32 Å². The van der Waals surface area contributed by atoms with E-state index in [0.717, 1.165) is 6.07 Å². The van der Waals surface area contributed by atoms with Crippen molar-refractivity contribution < 1.29 is 14.3 Å². The Morgan fingerprint density at radius 2 is 1.91 bits per heavy atom. The van der Waals surface area contributed by atoms with Crippen molar-refractivity contribution in [2.75, 3.05) is 0 Å². The molecule has 0 aliphatic rings. The molecule has 2 N–H and O–H groups in total. The van der Waals surface area contributed by atoms with Crippen molar-refractivity contribution in [3.05, 3.63) is 70.5 Å². The third-order valence-corrected chi connectivity index (χ3v) is 3.40. The van der Waals surface area contributed by atoms with Crippen molar-refractivity contribution in [3.63, 3.8) is 0 Å². The normalized spacial score (nSPS) is 13.0. The molecule has 4 nitrogen and oxygen atoms in total. The van der Waals surface area contributed by atoms with E-state index < -0.39 is 23.9 Å². The van der Waals surface area contributed by atoms with Crippen LogP contribution < -0.4 is 5.32 Å². The van der Waals surface area contributed by atoms with Crippen LogP contribution in [0, 0.1) is 17.1 Å². The summed E-state index contributed by atoms with van der Waals surface area (Å²) in [6, 6.07) is 12.7. The summed E-state index contributed by atoms with van der Waals surface area (Å²) in [4.78, 5) is 12.0. The average molecular weight is 319 g/mol. The summed E-state index contributed by atoms with van der Waals surface area (Å²) in [5.74, 6) is -1.51. The molecule has 0 aliphatic carbocycles. The van der Waals surface area contributed by atoms with Gasteiger partial charge in [-0.15, -0.1) is 0 Å². The second-order valence-corrected chi connectivity index (χ2v) is 4.93.